The van der Waals surface area contributed by atoms with Crippen LogP contribution in [0.1, 0.15) is 24.8 Å². The van der Waals surface area contributed by atoms with Gasteiger partial charge in [0.1, 0.15) is 5.15 Å². The Morgan fingerprint density at radius 3 is 2.57 bits per heavy atom. The fraction of sp³-hybridized carbons (Fsp3) is 0.500. The van der Waals surface area contributed by atoms with Gasteiger partial charge in [-0.05, 0) is 37.3 Å². The van der Waals surface area contributed by atoms with Gasteiger partial charge in [0, 0.05) is 11.7 Å². The Labute approximate surface area is 95.3 Å². The van der Waals surface area contributed by atoms with Crippen molar-refractivity contribution in [1.29, 1.82) is 0 Å². The van der Waals surface area contributed by atoms with Crippen molar-refractivity contribution in [2.75, 3.05) is 0 Å². The molecule has 0 saturated heterocycles. The maximum Gasteiger partial charge on any atom is 0.129 e. The summed E-state index contributed by atoms with van der Waals surface area (Å²) in [6, 6.07) is 3.82. The molecule has 0 amide bonds. The van der Waals surface area contributed by atoms with Gasteiger partial charge in [-0.15, -0.1) is 12.4 Å². The zero-order valence-corrected chi connectivity index (χ0v) is 9.44. The van der Waals surface area contributed by atoms with E-state index in [1.54, 1.807) is 0 Å². The average molecular weight is 233 g/mol. The van der Waals surface area contributed by atoms with E-state index in [-0.39, 0.29) is 17.9 Å². The molecule has 78 valence electrons. The number of hydrogen-bond acceptors (Lipinski definition) is 2. The first-order valence-electron chi connectivity index (χ1n) is 4.57. The molecule has 4 heteroatoms. The van der Waals surface area contributed by atoms with Crippen LogP contribution in [0.15, 0.2) is 18.3 Å². The van der Waals surface area contributed by atoms with Gasteiger partial charge in [-0.3, -0.25) is 0 Å². The van der Waals surface area contributed by atoms with Crippen molar-refractivity contribution in [2.24, 2.45) is 5.73 Å². The zero-order valence-electron chi connectivity index (χ0n) is 7.87. The Hall–Kier alpha value is -0.310. The summed E-state index contributed by atoms with van der Waals surface area (Å²) in [6.07, 6.45) is 6.27. The lowest BCUT2D eigenvalue weighted by Crippen LogP contribution is -2.48. The van der Waals surface area contributed by atoms with Crippen molar-refractivity contribution in [1.82, 2.24) is 4.98 Å². The van der Waals surface area contributed by atoms with Crippen LogP contribution in [0.3, 0.4) is 0 Å². The summed E-state index contributed by atoms with van der Waals surface area (Å²) in [6.45, 7) is 0. The molecule has 1 aliphatic carbocycles. The molecule has 0 spiro atoms. The van der Waals surface area contributed by atoms with Crippen LogP contribution < -0.4 is 5.73 Å². The van der Waals surface area contributed by atoms with Crippen LogP contribution in [0.5, 0.6) is 0 Å². The first-order valence-corrected chi connectivity index (χ1v) is 4.95. The van der Waals surface area contributed by atoms with Gasteiger partial charge in [-0.25, -0.2) is 4.98 Å². The Morgan fingerprint density at radius 2 is 2.14 bits per heavy atom. The summed E-state index contributed by atoms with van der Waals surface area (Å²) in [5.41, 5.74) is 7.34. The van der Waals surface area contributed by atoms with E-state index in [1.807, 2.05) is 18.3 Å². The molecule has 1 saturated carbocycles. The van der Waals surface area contributed by atoms with Crippen molar-refractivity contribution in [2.45, 2.75) is 31.2 Å². The van der Waals surface area contributed by atoms with Crippen molar-refractivity contribution in [3.05, 3.63) is 29.0 Å². The zero-order chi connectivity index (χ0) is 9.31. The van der Waals surface area contributed by atoms with Gasteiger partial charge in [-0.1, -0.05) is 17.7 Å². The third-order valence-corrected chi connectivity index (χ3v) is 2.92. The summed E-state index contributed by atoms with van der Waals surface area (Å²) in [5.74, 6) is 0. The van der Waals surface area contributed by atoms with E-state index in [2.05, 4.69) is 4.98 Å². The SMILES string of the molecule is Cl.NC1(Cc2ccc(Cl)nc2)CCC1. The van der Waals surface area contributed by atoms with Crippen LogP contribution in [-0.4, -0.2) is 10.5 Å². The Kier molecular flexibility index (Phi) is 3.76. The lowest BCUT2D eigenvalue weighted by molar-refractivity contribution is 0.247. The minimum Gasteiger partial charge on any atom is -0.325 e. The Morgan fingerprint density at radius 1 is 1.43 bits per heavy atom. The molecule has 0 bridgehead atoms. The monoisotopic (exact) mass is 232 g/mol. The fourth-order valence-electron chi connectivity index (χ4n) is 1.73. The Bertz CT molecular complexity index is 293. The van der Waals surface area contributed by atoms with Gasteiger partial charge in [0.05, 0.1) is 0 Å². The van der Waals surface area contributed by atoms with Gasteiger partial charge in [0.2, 0.25) is 0 Å². The van der Waals surface area contributed by atoms with Gasteiger partial charge < -0.3 is 5.73 Å². The van der Waals surface area contributed by atoms with Gasteiger partial charge >= 0.3 is 0 Å². The predicted octanol–water partition coefficient (Wildman–Crippen LogP) is 2.58. The van der Waals surface area contributed by atoms with Crippen molar-refractivity contribution in [3.63, 3.8) is 0 Å². The van der Waals surface area contributed by atoms with Crippen molar-refractivity contribution >= 4 is 24.0 Å². The molecule has 2 nitrogen and oxygen atoms in total. The summed E-state index contributed by atoms with van der Waals surface area (Å²) in [4.78, 5) is 4.03. The lowest BCUT2D eigenvalue weighted by Gasteiger charge is -2.38. The molecule has 1 heterocycles. The molecule has 0 radical (unpaired) electrons. The van der Waals surface area contributed by atoms with Crippen LogP contribution in [0, 0.1) is 0 Å². The summed E-state index contributed by atoms with van der Waals surface area (Å²) in [7, 11) is 0. The molecule has 14 heavy (non-hydrogen) atoms. The van der Waals surface area contributed by atoms with Crippen LogP contribution in [-0.2, 0) is 6.42 Å². The third kappa shape index (κ3) is 2.59. The number of halogens is 2. The molecule has 1 aromatic heterocycles. The second kappa shape index (κ2) is 4.47. The van der Waals surface area contributed by atoms with E-state index in [0.717, 1.165) is 19.3 Å². The highest BCUT2D eigenvalue weighted by Gasteiger charge is 2.32. The standard InChI is InChI=1S/C10H13ClN2.ClH/c11-9-3-2-8(7-13-9)6-10(12)4-1-5-10;/h2-3,7H,1,4-6,12H2;1H. The van der Waals surface area contributed by atoms with Gasteiger partial charge in [0.25, 0.3) is 0 Å². The highest BCUT2D eigenvalue weighted by atomic mass is 35.5. The number of pyridine rings is 1. The van der Waals surface area contributed by atoms with E-state index in [0.29, 0.717) is 5.15 Å². The first kappa shape index (κ1) is 11.8. The van der Waals surface area contributed by atoms with Crippen LogP contribution in [0.4, 0.5) is 0 Å². The maximum atomic E-state index is 6.11. The molecule has 2 rings (SSSR count). The minimum atomic E-state index is 0. The fourth-order valence-corrected chi connectivity index (χ4v) is 1.84. The predicted molar refractivity (Wildman–Crippen MR) is 61.0 cm³/mol. The van der Waals surface area contributed by atoms with E-state index in [9.17, 15) is 0 Å². The molecule has 0 aromatic carbocycles. The largest absolute Gasteiger partial charge is 0.325 e. The Balaban J connectivity index is 0.000000980. The minimum absolute atomic E-state index is 0. The van der Waals surface area contributed by atoms with Crippen LogP contribution in [0.25, 0.3) is 0 Å². The number of hydrogen-bond donors (Lipinski definition) is 1. The first-order chi connectivity index (χ1) is 6.18. The van der Waals surface area contributed by atoms with Crippen molar-refractivity contribution in [3.8, 4) is 0 Å². The summed E-state index contributed by atoms with van der Waals surface area (Å²) >= 11 is 5.69. The molecule has 2 N–H and O–H groups in total. The van der Waals surface area contributed by atoms with E-state index in [4.69, 9.17) is 17.3 Å². The molecule has 0 aliphatic heterocycles. The molecular weight excluding hydrogens is 219 g/mol. The number of nitrogens with two attached hydrogens (primary N) is 1. The molecule has 1 aliphatic rings. The van der Waals surface area contributed by atoms with E-state index < -0.39 is 0 Å². The van der Waals surface area contributed by atoms with Crippen LogP contribution in [0.2, 0.25) is 5.15 Å². The topological polar surface area (TPSA) is 38.9 Å². The molecule has 1 fully saturated rings. The molecule has 0 unspecified atom stereocenters. The summed E-state index contributed by atoms with van der Waals surface area (Å²) < 4.78 is 0. The highest BCUT2D eigenvalue weighted by Crippen LogP contribution is 2.32. The number of rotatable bonds is 2. The maximum absolute atomic E-state index is 6.11. The highest BCUT2D eigenvalue weighted by molar-refractivity contribution is 6.29. The number of aromatic nitrogens is 1. The summed E-state index contributed by atoms with van der Waals surface area (Å²) in [5, 5.41) is 0.545. The lowest BCUT2D eigenvalue weighted by atomic mass is 9.74. The van der Waals surface area contributed by atoms with E-state index >= 15 is 0 Å². The average Bonchev–Trinajstić information content (AvgIpc) is 2.06. The van der Waals surface area contributed by atoms with Crippen LogP contribution >= 0.6 is 24.0 Å². The van der Waals surface area contributed by atoms with Crippen molar-refractivity contribution < 1.29 is 0 Å². The normalized spacial score (nSPS) is 18.1. The quantitative estimate of drug-likeness (QED) is 0.797. The molecular formula is C10H14Cl2N2. The van der Waals surface area contributed by atoms with Gasteiger partial charge in [-0.2, -0.15) is 0 Å². The molecule has 0 atom stereocenters. The second-order valence-corrected chi connectivity index (χ2v) is 4.27. The van der Waals surface area contributed by atoms with Gasteiger partial charge in [0.15, 0.2) is 0 Å². The second-order valence-electron chi connectivity index (χ2n) is 3.88. The van der Waals surface area contributed by atoms with E-state index in [1.165, 1.54) is 12.0 Å². The number of nitrogens with zero attached hydrogens (tertiary/aromatic N) is 1. The molecule has 1 aromatic rings. The smallest absolute Gasteiger partial charge is 0.129 e. The third-order valence-electron chi connectivity index (χ3n) is 2.69.